The van der Waals surface area contributed by atoms with E-state index in [-0.39, 0.29) is 6.03 Å². The number of likely N-dealkylation sites (tertiary alicyclic amines) is 1. The van der Waals surface area contributed by atoms with E-state index in [2.05, 4.69) is 5.32 Å². The van der Waals surface area contributed by atoms with Gasteiger partial charge < -0.3 is 16.0 Å². The summed E-state index contributed by atoms with van der Waals surface area (Å²) in [4.78, 5) is 13.6. The number of hydrogen-bond acceptors (Lipinski definition) is 2. The molecule has 0 radical (unpaired) electrons. The van der Waals surface area contributed by atoms with Crippen molar-refractivity contribution in [1.29, 1.82) is 0 Å². The molecular formula is C8H15N3OS. The van der Waals surface area contributed by atoms with Crippen LogP contribution >= 0.6 is 12.2 Å². The summed E-state index contributed by atoms with van der Waals surface area (Å²) in [5.74, 6) is 0. The van der Waals surface area contributed by atoms with Crippen molar-refractivity contribution in [1.82, 2.24) is 10.2 Å². The Morgan fingerprint density at radius 2 is 2.08 bits per heavy atom. The Labute approximate surface area is 83.5 Å². The van der Waals surface area contributed by atoms with Crippen molar-refractivity contribution >= 4 is 23.2 Å². The lowest BCUT2D eigenvalue weighted by atomic mass is 10.4. The molecule has 13 heavy (non-hydrogen) atoms. The second kappa shape index (κ2) is 5.01. The van der Waals surface area contributed by atoms with Gasteiger partial charge in [0.1, 0.15) is 0 Å². The smallest absolute Gasteiger partial charge is 0.317 e. The Bertz CT molecular complexity index is 202. The second-order valence-corrected chi connectivity index (χ2v) is 3.67. The quantitative estimate of drug-likeness (QED) is 0.652. The van der Waals surface area contributed by atoms with E-state index in [0.29, 0.717) is 18.0 Å². The lowest BCUT2D eigenvalue weighted by molar-refractivity contribution is 0.209. The molecule has 0 aromatic carbocycles. The lowest BCUT2D eigenvalue weighted by Gasteiger charge is -2.15. The molecular weight excluding hydrogens is 186 g/mol. The van der Waals surface area contributed by atoms with E-state index < -0.39 is 0 Å². The first-order chi connectivity index (χ1) is 6.20. The van der Waals surface area contributed by atoms with Gasteiger partial charge in [-0.05, 0) is 12.8 Å². The van der Waals surface area contributed by atoms with Crippen LogP contribution in [-0.4, -0.2) is 35.6 Å². The number of carbonyl (C=O) groups is 1. The molecule has 1 saturated heterocycles. The molecule has 1 aliphatic rings. The van der Waals surface area contributed by atoms with E-state index >= 15 is 0 Å². The monoisotopic (exact) mass is 201 g/mol. The van der Waals surface area contributed by atoms with Gasteiger partial charge in [0.2, 0.25) is 0 Å². The Morgan fingerprint density at radius 1 is 1.46 bits per heavy atom. The topological polar surface area (TPSA) is 58.4 Å². The fourth-order valence-corrected chi connectivity index (χ4v) is 1.43. The van der Waals surface area contributed by atoms with Crippen molar-refractivity contribution in [2.24, 2.45) is 5.73 Å². The highest BCUT2D eigenvalue weighted by molar-refractivity contribution is 7.80. The van der Waals surface area contributed by atoms with Gasteiger partial charge in [0.25, 0.3) is 0 Å². The fourth-order valence-electron chi connectivity index (χ4n) is 1.32. The Morgan fingerprint density at radius 3 is 2.62 bits per heavy atom. The largest absolute Gasteiger partial charge is 0.393 e. The summed E-state index contributed by atoms with van der Waals surface area (Å²) in [6.07, 6.45) is 2.81. The van der Waals surface area contributed by atoms with Crippen LogP contribution in [0.25, 0.3) is 0 Å². The van der Waals surface area contributed by atoms with E-state index in [1.807, 2.05) is 4.90 Å². The molecule has 2 amide bonds. The average Bonchev–Trinajstić information content (AvgIpc) is 2.55. The lowest BCUT2D eigenvalue weighted by Crippen LogP contribution is -2.39. The van der Waals surface area contributed by atoms with Crippen molar-refractivity contribution in [2.45, 2.75) is 19.3 Å². The number of rotatable bonds is 3. The number of nitrogens with zero attached hydrogens (tertiary/aromatic N) is 1. The van der Waals surface area contributed by atoms with E-state index in [9.17, 15) is 4.79 Å². The molecule has 0 saturated carbocycles. The van der Waals surface area contributed by atoms with Gasteiger partial charge in [-0.25, -0.2) is 4.79 Å². The highest BCUT2D eigenvalue weighted by atomic mass is 32.1. The van der Waals surface area contributed by atoms with Crippen molar-refractivity contribution in [2.75, 3.05) is 19.6 Å². The number of carbonyl (C=O) groups excluding carboxylic acids is 1. The summed E-state index contributed by atoms with van der Waals surface area (Å²) in [5.41, 5.74) is 5.30. The molecule has 0 atom stereocenters. The van der Waals surface area contributed by atoms with Gasteiger partial charge in [-0.1, -0.05) is 12.2 Å². The van der Waals surface area contributed by atoms with Crippen LogP contribution in [0.4, 0.5) is 4.79 Å². The SMILES string of the molecule is NC(=S)CCNC(=O)N1CCCC1. The summed E-state index contributed by atoms with van der Waals surface area (Å²) < 4.78 is 0. The Hall–Kier alpha value is -0.840. The molecule has 0 aromatic rings. The van der Waals surface area contributed by atoms with Crippen LogP contribution in [0.15, 0.2) is 0 Å². The van der Waals surface area contributed by atoms with Gasteiger partial charge >= 0.3 is 6.03 Å². The first-order valence-corrected chi connectivity index (χ1v) is 4.92. The maximum absolute atomic E-state index is 11.4. The van der Waals surface area contributed by atoms with Gasteiger partial charge in [0.05, 0.1) is 4.99 Å². The molecule has 4 nitrogen and oxygen atoms in total. The zero-order valence-electron chi connectivity index (χ0n) is 7.58. The number of nitrogens with two attached hydrogens (primary N) is 1. The molecule has 0 aromatic heterocycles. The maximum Gasteiger partial charge on any atom is 0.317 e. The van der Waals surface area contributed by atoms with E-state index in [0.717, 1.165) is 25.9 Å². The predicted octanol–water partition coefficient (Wildman–Crippen LogP) is 0.468. The third-order valence-electron chi connectivity index (χ3n) is 2.04. The number of urea groups is 1. The standard InChI is InChI=1S/C8H15N3OS/c9-7(13)3-4-10-8(12)11-5-1-2-6-11/h1-6H2,(H2,9,13)(H,10,12). The third kappa shape index (κ3) is 3.59. The van der Waals surface area contributed by atoms with Crippen LogP contribution in [0.1, 0.15) is 19.3 Å². The molecule has 0 aliphatic carbocycles. The van der Waals surface area contributed by atoms with Crippen molar-refractivity contribution in [3.05, 3.63) is 0 Å². The molecule has 0 spiro atoms. The first-order valence-electron chi connectivity index (χ1n) is 4.51. The van der Waals surface area contributed by atoms with Crippen LogP contribution in [-0.2, 0) is 0 Å². The van der Waals surface area contributed by atoms with Crippen LogP contribution in [0.3, 0.4) is 0 Å². The van der Waals surface area contributed by atoms with Gasteiger partial charge in [-0.2, -0.15) is 0 Å². The van der Waals surface area contributed by atoms with Crippen LogP contribution in [0.2, 0.25) is 0 Å². The van der Waals surface area contributed by atoms with Gasteiger partial charge in [-0.3, -0.25) is 0 Å². The minimum absolute atomic E-state index is 0.00810. The summed E-state index contributed by atoms with van der Waals surface area (Å²) in [6, 6.07) is 0.00810. The molecule has 1 fully saturated rings. The highest BCUT2D eigenvalue weighted by Gasteiger charge is 2.16. The van der Waals surface area contributed by atoms with Crippen molar-refractivity contribution in [3.63, 3.8) is 0 Å². The number of hydrogen-bond donors (Lipinski definition) is 2. The summed E-state index contributed by atoms with van der Waals surface area (Å²) in [7, 11) is 0. The number of nitrogens with one attached hydrogen (secondary N) is 1. The molecule has 1 heterocycles. The van der Waals surface area contributed by atoms with Crippen molar-refractivity contribution in [3.8, 4) is 0 Å². The van der Waals surface area contributed by atoms with Gasteiger partial charge in [-0.15, -0.1) is 0 Å². The molecule has 74 valence electrons. The highest BCUT2D eigenvalue weighted by Crippen LogP contribution is 2.06. The minimum Gasteiger partial charge on any atom is -0.393 e. The van der Waals surface area contributed by atoms with Crippen LogP contribution in [0, 0.1) is 0 Å². The van der Waals surface area contributed by atoms with E-state index in [1.54, 1.807) is 0 Å². The zero-order valence-corrected chi connectivity index (χ0v) is 8.40. The average molecular weight is 201 g/mol. The number of thiocarbonyl (C=S) groups is 1. The summed E-state index contributed by atoms with van der Waals surface area (Å²) >= 11 is 4.70. The minimum atomic E-state index is 0.00810. The first kappa shape index (κ1) is 10.2. The Kier molecular flexibility index (Phi) is 3.95. The third-order valence-corrected chi connectivity index (χ3v) is 2.25. The van der Waals surface area contributed by atoms with E-state index in [1.165, 1.54) is 0 Å². The predicted molar refractivity (Wildman–Crippen MR) is 55.6 cm³/mol. The zero-order chi connectivity index (χ0) is 9.68. The van der Waals surface area contributed by atoms with Crippen LogP contribution < -0.4 is 11.1 Å². The maximum atomic E-state index is 11.4. The molecule has 1 rings (SSSR count). The number of amides is 2. The van der Waals surface area contributed by atoms with Gasteiger partial charge in [0.15, 0.2) is 0 Å². The molecule has 1 aliphatic heterocycles. The summed E-state index contributed by atoms with van der Waals surface area (Å²) in [5, 5.41) is 2.78. The molecule has 0 bridgehead atoms. The van der Waals surface area contributed by atoms with Gasteiger partial charge in [0, 0.05) is 26.1 Å². The molecule has 5 heteroatoms. The van der Waals surface area contributed by atoms with Crippen molar-refractivity contribution < 1.29 is 4.79 Å². The summed E-state index contributed by atoms with van der Waals surface area (Å²) in [6.45, 7) is 2.29. The van der Waals surface area contributed by atoms with E-state index in [4.69, 9.17) is 18.0 Å². The van der Waals surface area contributed by atoms with Crippen LogP contribution in [0.5, 0.6) is 0 Å². The Balaban J connectivity index is 2.13. The normalized spacial score (nSPS) is 15.8. The second-order valence-electron chi connectivity index (χ2n) is 3.14. The molecule has 0 unspecified atom stereocenters. The molecule has 3 N–H and O–H groups in total. The fraction of sp³-hybridized carbons (Fsp3) is 0.750.